The first kappa shape index (κ1) is 8.14. The van der Waals surface area contributed by atoms with E-state index in [9.17, 15) is 4.79 Å². The molecule has 60 valence electrons. The van der Waals surface area contributed by atoms with Crippen LogP contribution in [0.1, 0.15) is 10.5 Å². The Morgan fingerprint density at radius 1 is 1.73 bits per heavy atom. The molecule has 1 heterocycles. The van der Waals surface area contributed by atoms with Gasteiger partial charge in [-0.2, -0.15) is 0 Å². The molecule has 0 aromatic carbocycles. The lowest BCUT2D eigenvalue weighted by Gasteiger charge is -1.98. The van der Waals surface area contributed by atoms with Crippen LogP contribution in [0.15, 0.2) is 18.3 Å². The van der Waals surface area contributed by atoms with Crippen LogP contribution in [0.2, 0.25) is 0 Å². The molecule has 1 rings (SSSR count). The SMILES string of the molecule is O=C(OCCCl)c1ccc[nH]1. The van der Waals surface area contributed by atoms with Crippen molar-refractivity contribution >= 4 is 17.6 Å². The van der Waals surface area contributed by atoms with Gasteiger partial charge in [0.05, 0.1) is 5.88 Å². The zero-order valence-corrected chi connectivity index (χ0v) is 6.60. The highest BCUT2D eigenvalue weighted by atomic mass is 35.5. The third-order valence-electron chi connectivity index (χ3n) is 1.13. The summed E-state index contributed by atoms with van der Waals surface area (Å²) in [6.07, 6.45) is 1.66. The summed E-state index contributed by atoms with van der Waals surface area (Å²) in [6, 6.07) is 3.38. The van der Waals surface area contributed by atoms with Gasteiger partial charge in [0.25, 0.3) is 0 Å². The summed E-state index contributed by atoms with van der Waals surface area (Å²) < 4.78 is 4.73. The van der Waals surface area contributed by atoms with E-state index in [4.69, 9.17) is 16.3 Å². The van der Waals surface area contributed by atoms with E-state index < -0.39 is 0 Å². The molecule has 0 aliphatic rings. The number of hydrogen-bond donors (Lipinski definition) is 1. The number of aromatic amines is 1. The zero-order valence-electron chi connectivity index (χ0n) is 5.84. The van der Waals surface area contributed by atoms with Crippen molar-refractivity contribution in [3.63, 3.8) is 0 Å². The Labute approximate surface area is 69.3 Å². The number of rotatable bonds is 3. The van der Waals surface area contributed by atoms with E-state index in [2.05, 4.69) is 4.98 Å². The second kappa shape index (κ2) is 4.03. The van der Waals surface area contributed by atoms with Crippen molar-refractivity contribution in [2.45, 2.75) is 0 Å². The summed E-state index contributed by atoms with van der Waals surface area (Å²) in [7, 11) is 0. The third-order valence-corrected chi connectivity index (χ3v) is 1.28. The molecule has 0 aliphatic heterocycles. The van der Waals surface area contributed by atoms with Gasteiger partial charge in [-0.25, -0.2) is 4.79 Å². The molecule has 0 amide bonds. The lowest BCUT2D eigenvalue weighted by Crippen LogP contribution is -2.07. The molecule has 1 aromatic heterocycles. The van der Waals surface area contributed by atoms with E-state index in [0.29, 0.717) is 11.6 Å². The first-order valence-electron chi connectivity index (χ1n) is 3.21. The number of aromatic nitrogens is 1. The molecule has 0 spiro atoms. The van der Waals surface area contributed by atoms with Crippen molar-refractivity contribution < 1.29 is 9.53 Å². The van der Waals surface area contributed by atoms with E-state index in [-0.39, 0.29) is 12.6 Å². The third kappa shape index (κ3) is 2.27. The van der Waals surface area contributed by atoms with Gasteiger partial charge in [0.15, 0.2) is 0 Å². The van der Waals surface area contributed by atoms with Crippen LogP contribution in [0, 0.1) is 0 Å². The highest BCUT2D eigenvalue weighted by Gasteiger charge is 2.05. The molecule has 0 fully saturated rings. The number of H-pyrrole nitrogens is 1. The average Bonchev–Trinajstić information content (AvgIpc) is 2.52. The normalized spacial score (nSPS) is 9.55. The molecule has 0 saturated heterocycles. The van der Waals surface area contributed by atoms with Gasteiger partial charge in [0.2, 0.25) is 0 Å². The van der Waals surface area contributed by atoms with Gasteiger partial charge in [-0.15, -0.1) is 11.6 Å². The second-order valence-electron chi connectivity index (χ2n) is 1.91. The van der Waals surface area contributed by atoms with Crippen molar-refractivity contribution in [1.29, 1.82) is 0 Å². The Morgan fingerprint density at radius 2 is 2.55 bits per heavy atom. The van der Waals surface area contributed by atoms with Crippen LogP contribution in [0.4, 0.5) is 0 Å². The smallest absolute Gasteiger partial charge is 0.354 e. The minimum absolute atomic E-state index is 0.249. The summed E-state index contributed by atoms with van der Waals surface area (Å²) in [4.78, 5) is 13.7. The van der Waals surface area contributed by atoms with Crippen LogP contribution >= 0.6 is 11.6 Å². The lowest BCUT2D eigenvalue weighted by atomic mass is 10.4. The molecular weight excluding hydrogens is 166 g/mol. The molecule has 4 heteroatoms. The van der Waals surface area contributed by atoms with Gasteiger partial charge in [-0.05, 0) is 12.1 Å². The molecule has 1 aromatic rings. The molecule has 0 atom stereocenters. The number of alkyl halides is 1. The maximum atomic E-state index is 11.0. The lowest BCUT2D eigenvalue weighted by molar-refractivity contribution is 0.0523. The fraction of sp³-hybridized carbons (Fsp3) is 0.286. The number of nitrogens with one attached hydrogen (secondary N) is 1. The monoisotopic (exact) mass is 173 g/mol. The van der Waals surface area contributed by atoms with Gasteiger partial charge < -0.3 is 9.72 Å². The summed E-state index contributed by atoms with van der Waals surface area (Å²) >= 11 is 5.32. The summed E-state index contributed by atoms with van der Waals surface area (Å²) in [5.74, 6) is -0.0393. The van der Waals surface area contributed by atoms with Gasteiger partial charge in [0.1, 0.15) is 12.3 Å². The topological polar surface area (TPSA) is 42.1 Å². The average molecular weight is 174 g/mol. The summed E-state index contributed by atoms with van der Waals surface area (Å²) in [5, 5.41) is 0. The number of halogens is 1. The van der Waals surface area contributed by atoms with Crippen molar-refractivity contribution in [3.8, 4) is 0 Å². The summed E-state index contributed by atoms with van der Waals surface area (Å²) in [5.41, 5.74) is 0.454. The molecule has 0 saturated carbocycles. The molecular formula is C7H8ClNO2. The van der Waals surface area contributed by atoms with Crippen LogP contribution in [-0.2, 0) is 4.74 Å². The van der Waals surface area contributed by atoms with E-state index in [0.717, 1.165) is 0 Å². The van der Waals surface area contributed by atoms with E-state index >= 15 is 0 Å². The van der Waals surface area contributed by atoms with Gasteiger partial charge in [-0.3, -0.25) is 0 Å². The number of ether oxygens (including phenoxy) is 1. The highest BCUT2D eigenvalue weighted by molar-refractivity contribution is 6.18. The van der Waals surface area contributed by atoms with Crippen LogP contribution in [-0.4, -0.2) is 23.4 Å². The fourth-order valence-corrected chi connectivity index (χ4v) is 0.743. The van der Waals surface area contributed by atoms with E-state index in [1.165, 1.54) is 0 Å². The Morgan fingerprint density at radius 3 is 3.09 bits per heavy atom. The van der Waals surface area contributed by atoms with Crippen LogP contribution < -0.4 is 0 Å². The van der Waals surface area contributed by atoms with Crippen molar-refractivity contribution in [3.05, 3.63) is 24.0 Å². The Bertz CT molecular complexity index is 220. The zero-order chi connectivity index (χ0) is 8.10. The highest BCUT2D eigenvalue weighted by Crippen LogP contribution is 1.97. The van der Waals surface area contributed by atoms with Crippen molar-refractivity contribution in [2.24, 2.45) is 0 Å². The van der Waals surface area contributed by atoms with Gasteiger partial charge in [0, 0.05) is 6.20 Å². The Balaban J connectivity index is 2.43. The predicted octanol–water partition coefficient (Wildman–Crippen LogP) is 1.41. The van der Waals surface area contributed by atoms with Crippen LogP contribution in [0.5, 0.6) is 0 Å². The van der Waals surface area contributed by atoms with Crippen LogP contribution in [0.3, 0.4) is 0 Å². The van der Waals surface area contributed by atoms with Crippen molar-refractivity contribution in [1.82, 2.24) is 4.98 Å². The maximum Gasteiger partial charge on any atom is 0.354 e. The molecule has 0 bridgehead atoms. The minimum atomic E-state index is -0.365. The molecule has 0 aliphatic carbocycles. The first-order chi connectivity index (χ1) is 5.34. The quantitative estimate of drug-likeness (QED) is 0.555. The van der Waals surface area contributed by atoms with Gasteiger partial charge in [-0.1, -0.05) is 0 Å². The standard InChI is InChI=1S/C7H8ClNO2/c8-3-5-11-7(10)6-2-1-4-9-6/h1-2,4,9H,3,5H2. The number of esters is 1. The van der Waals surface area contributed by atoms with E-state index in [1.54, 1.807) is 18.3 Å². The number of carbonyl (C=O) groups excluding carboxylic acids is 1. The second-order valence-corrected chi connectivity index (χ2v) is 2.29. The largest absolute Gasteiger partial charge is 0.460 e. The minimum Gasteiger partial charge on any atom is -0.460 e. The molecule has 0 unspecified atom stereocenters. The molecule has 3 nitrogen and oxygen atoms in total. The Hall–Kier alpha value is -0.960. The Kier molecular flexibility index (Phi) is 2.98. The maximum absolute atomic E-state index is 11.0. The van der Waals surface area contributed by atoms with Crippen molar-refractivity contribution in [2.75, 3.05) is 12.5 Å². The van der Waals surface area contributed by atoms with E-state index in [1.807, 2.05) is 0 Å². The number of hydrogen-bond acceptors (Lipinski definition) is 2. The number of carbonyl (C=O) groups is 1. The first-order valence-corrected chi connectivity index (χ1v) is 3.74. The van der Waals surface area contributed by atoms with Gasteiger partial charge >= 0.3 is 5.97 Å². The molecule has 1 N–H and O–H groups in total. The molecule has 0 radical (unpaired) electrons. The summed E-state index contributed by atoms with van der Waals surface area (Å²) in [6.45, 7) is 0.249. The fourth-order valence-electron chi connectivity index (χ4n) is 0.666. The van der Waals surface area contributed by atoms with Crippen LogP contribution in [0.25, 0.3) is 0 Å². The predicted molar refractivity (Wildman–Crippen MR) is 41.8 cm³/mol. The molecule has 11 heavy (non-hydrogen) atoms.